The number of aliphatic imine (C=N–C) groups is 1. The molecule has 6 nitrogen and oxygen atoms in total. The number of hydrogen-bond acceptors (Lipinski definition) is 5. The van der Waals surface area contributed by atoms with E-state index in [-0.39, 0.29) is 11.7 Å². The Morgan fingerprint density at radius 2 is 1.77 bits per heavy atom. The lowest BCUT2D eigenvalue weighted by Crippen LogP contribution is -2.54. The summed E-state index contributed by atoms with van der Waals surface area (Å²) in [5.74, 6) is -0.301. The monoisotopic (exact) mass is 420 g/mol. The summed E-state index contributed by atoms with van der Waals surface area (Å²) < 4.78 is 0. The highest BCUT2D eigenvalue weighted by Crippen LogP contribution is 2.29. The van der Waals surface area contributed by atoms with Crippen molar-refractivity contribution in [1.82, 2.24) is 5.32 Å². The molecule has 6 heteroatoms. The molecule has 0 bridgehead atoms. The van der Waals surface area contributed by atoms with Gasteiger partial charge in [0.05, 0.1) is 11.8 Å². The molecule has 0 fully saturated rings. The number of benzene rings is 2. The van der Waals surface area contributed by atoms with Crippen molar-refractivity contribution in [1.29, 1.82) is 0 Å². The standard InChI is InChI=1S/C25H32N4O2/c1-4-5-7-16-21(30)27-17(2)24(31)23-25(26)29(3)20-15-11-10-14-19(20)22(28-23)18-12-8-6-9-13-18/h6,8-15,17,23,25H,4-5,7,16,26H2,1-3H3,(H,27,30)/t17?,23?,25-/m0/s1. The zero-order valence-corrected chi connectivity index (χ0v) is 18.5. The van der Waals surface area contributed by atoms with Gasteiger partial charge in [-0.2, -0.15) is 0 Å². The first kappa shape index (κ1) is 22.7. The lowest BCUT2D eigenvalue weighted by atomic mass is 10.00. The molecule has 0 saturated carbocycles. The molecule has 3 N–H and O–H groups in total. The number of nitrogens with one attached hydrogen (secondary N) is 1. The molecule has 0 aromatic heterocycles. The van der Waals surface area contributed by atoms with Gasteiger partial charge in [0.1, 0.15) is 12.2 Å². The summed E-state index contributed by atoms with van der Waals surface area (Å²) in [6, 6.07) is 16.2. The van der Waals surface area contributed by atoms with Crippen molar-refractivity contribution in [3.63, 3.8) is 0 Å². The van der Waals surface area contributed by atoms with Gasteiger partial charge in [-0.05, 0) is 19.4 Å². The largest absolute Gasteiger partial charge is 0.356 e. The molecule has 0 radical (unpaired) electrons. The van der Waals surface area contributed by atoms with Gasteiger partial charge < -0.3 is 16.0 Å². The minimum Gasteiger partial charge on any atom is -0.356 e. The molecule has 1 aliphatic heterocycles. The normalized spacial score (nSPS) is 19.1. The van der Waals surface area contributed by atoms with Crippen LogP contribution in [0.5, 0.6) is 0 Å². The number of carbonyl (C=O) groups excluding carboxylic acids is 2. The fraction of sp³-hybridized carbons (Fsp3) is 0.400. The number of hydrogen-bond donors (Lipinski definition) is 2. The molecule has 2 aromatic rings. The summed E-state index contributed by atoms with van der Waals surface area (Å²) in [7, 11) is 1.88. The number of carbonyl (C=O) groups is 2. The molecule has 31 heavy (non-hydrogen) atoms. The predicted molar refractivity (Wildman–Crippen MR) is 125 cm³/mol. The number of nitrogens with zero attached hydrogens (tertiary/aromatic N) is 2. The van der Waals surface area contributed by atoms with Crippen LogP contribution < -0.4 is 16.0 Å². The third-order valence-electron chi connectivity index (χ3n) is 5.73. The highest BCUT2D eigenvalue weighted by atomic mass is 16.2. The van der Waals surface area contributed by atoms with Crippen LogP contribution in [0.3, 0.4) is 0 Å². The molecule has 0 aliphatic carbocycles. The zero-order valence-electron chi connectivity index (χ0n) is 18.5. The summed E-state index contributed by atoms with van der Waals surface area (Å²) in [5, 5.41) is 2.84. The number of anilines is 1. The van der Waals surface area contributed by atoms with Crippen molar-refractivity contribution in [2.75, 3.05) is 11.9 Å². The van der Waals surface area contributed by atoms with Crippen molar-refractivity contribution in [3.05, 3.63) is 65.7 Å². The van der Waals surface area contributed by atoms with E-state index in [4.69, 9.17) is 10.7 Å². The van der Waals surface area contributed by atoms with Crippen LogP contribution in [0.15, 0.2) is 59.6 Å². The summed E-state index contributed by atoms with van der Waals surface area (Å²) in [5.41, 5.74) is 10.0. The van der Waals surface area contributed by atoms with Crippen molar-refractivity contribution in [2.45, 2.75) is 57.8 Å². The first-order valence-electron chi connectivity index (χ1n) is 11.0. The third kappa shape index (κ3) is 5.20. The van der Waals surface area contributed by atoms with Crippen LogP contribution in [-0.4, -0.2) is 42.7 Å². The van der Waals surface area contributed by atoms with E-state index in [1.54, 1.807) is 6.92 Å². The second-order valence-electron chi connectivity index (χ2n) is 8.06. The lowest BCUT2D eigenvalue weighted by Gasteiger charge is -2.30. The van der Waals surface area contributed by atoms with Gasteiger partial charge in [-0.15, -0.1) is 0 Å². The molecule has 0 spiro atoms. The van der Waals surface area contributed by atoms with E-state index in [9.17, 15) is 9.59 Å². The van der Waals surface area contributed by atoms with Crippen LogP contribution in [0, 0.1) is 0 Å². The maximum Gasteiger partial charge on any atom is 0.220 e. The number of unbranched alkanes of at least 4 members (excludes halogenated alkanes) is 2. The quantitative estimate of drug-likeness (QED) is 0.642. The van der Waals surface area contributed by atoms with Gasteiger partial charge in [-0.25, -0.2) is 0 Å². The second-order valence-corrected chi connectivity index (χ2v) is 8.06. The van der Waals surface area contributed by atoms with E-state index in [1.807, 2.05) is 66.5 Å². The van der Waals surface area contributed by atoms with E-state index in [0.29, 0.717) is 6.42 Å². The van der Waals surface area contributed by atoms with Gasteiger partial charge in [0.25, 0.3) is 0 Å². The molecule has 0 saturated heterocycles. The number of nitrogens with two attached hydrogens (primary N) is 1. The van der Waals surface area contributed by atoms with E-state index in [1.165, 1.54) is 0 Å². The highest BCUT2D eigenvalue weighted by molar-refractivity contribution is 6.17. The molecule has 3 rings (SSSR count). The van der Waals surface area contributed by atoms with Crippen LogP contribution in [0.1, 0.15) is 50.7 Å². The van der Waals surface area contributed by atoms with Crippen LogP contribution in [-0.2, 0) is 9.59 Å². The Bertz CT molecular complexity index is 942. The summed E-state index contributed by atoms with van der Waals surface area (Å²) in [4.78, 5) is 32.4. The zero-order chi connectivity index (χ0) is 22.4. The van der Waals surface area contributed by atoms with Crippen LogP contribution in [0.4, 0.5) is 5.69 Å². The van der Waals surface area contributed by atoms with E-state index < -0.39 is 18.2 Å². The van der Waals surface area contributed by atoms with Gasteiger partial charge in [-0.3, -0.25) is 14.6 Å². The first-order chi connectivity index (χ1) is 14.9. The molecule has 2 aromatic carbocycles. The number of para-hydroxylation sites is 1. The minimum atomic E-state index is -0.807. The smallest absolute Gasteiger partial charge is 0.220 e. The number of amides is 1. The lowest BCUT2D eigenvalue weighted by molar-refractivity contribution is -0.128. The molecule has 1 amide bonds. The number of benzodiazepines with no additional fused rings is 1. The summed E-state index contributed by atoms with van der Waals surface area (Å²) >= 11 is 0. The molecule has 1 heterocycles. The number of fused-ring (bicyclic) bond motifs is 1. The Morgan fingerprint density at radius 1 is 1.10 bits per heavy atom. The Labute approximate surface area is 184 Å². The first-order valence-corrected chi connectivity index (χ1v) is 11.0. The second kappa shape index (κ2) is 10.4. The van der Waals surface area contributed by atoms with E-state index in [2.05, 4.69) is 12.2 Å². The molecule has 3 atom stereocenters. The van der Waals surface area contributed by atoms with Crippen molar-refractivity contribution in [3.8, 4) is 0 Å². The van der Waals surface area contributed by atoms with E-state index in [0.717, 1.165) is 41.8 Å². The fourth-order valence-corrected chi connectivity index (χ4v) is 3.87. The predicted octanol–water partition coefficient (Wildman–Crippen LogP) is 3.28. The van der Waals surface area contributed by atoms with Gasteiger partial charge in [0.15, 0.2) is 5.78 Å². The maximum atomic E-state index is 13.4. The third-order valence-corrected chi connectivity index (χ3v) is 5.73. The van der Waals surface area contributed by atoms with Crippen LogP contribution >= 0.6 is 0 Å². The van der Waals surface area contributed by atoms with Gasteiger partial charge in [0.2, 0.25) is 5.91 Å². The SMILES string of the molecule is CCCCCC(=O)NC(C)C(=O)C1N=C(c2ccccc2)c2ccccc2N(C)[C@@H]1N. The van der Waals surface area contributed by atoms with Crippen molar-refractivity contribution < 1.29 is 9.59 Å². The average Bonchev–Trinajstić information content (AvgIpc) is 2.89. The molecule has 2 unspecified atom stereocenters. The van der Waals surface area contributed by atoms with E-state index >= 15 is 0 Å². The van der Waals surface area contributed by atoms with Gasteiger partial charge in [-0.1, -0.05) is 68.3 Å². The maximum absolute atomic E-state index is 13.4. The number of ketones is 1. The van der Waals surface area contributed by atoms with Crippen LogP contribution in [0.25, 0.3) is 0 Å². The molecular weight excluding hydrogens is 388 g/mol. The Morgan fingerprint density at radius 3 is 2.48 bits per heavy atom. The minimum absolute atomic E-state index is 0.111. The number of rotatable bonds is 8. The Balaban J connectivity index is 1.92. The number of likely N-dealkylation sites (N-methyl/N-ethyl adjacent to an activating group) is 1. The van der Waals surface area contributed by atoms with Crippen molar-refractivity contribution >= 4 is 23.1 Å². The Hall–Kier alpha value is -2.99. The fourth-order valence-electron chi connectivity index (χ4n) is 3.87. The average molecular weight is 421 g/mol. The Kier molecular flexibility index (Phi) is 7.58. The topological polar surface area (TPSA) is 87.8 Å². The van der Waals surface area contributed by atoms with Crippen molar-refractivity contribution in [2.24, 2.45) is 10.7 Å². The van der Waals surface area contributed by atoms with Crippen LogP contribution in [0.2, 0.25) is 0 Å². The van der Waals surface area contributed by atoms with Gasteiger partial charge in [0, 0.05) is 30.3 Å². The molecule has 164 valence electrons. The van der Waals surface area contributed by atoms with Gasteiger partial charge >= 0.3 is 0 Å². The highest BCUT2D eigenvalue weighted by Gasteiger charge is 2.36. The molecular formula is C25H32N4O2. The summed E-state index contributed by atoms with van der Waals surface area (Å²) in [6.45, 7) is 3.80. The number of Topliss-reactive ketones (excluding diaryl/α,β-unsaturated/α-hetero) is 1. The molecule has 1 aliphatic rings. The summed E-state index contributed by atoms with van der Waals surface area (Å²) in [6.07, 6.45) is 2.64.